The molecule has 0 unspecified atom stereocenters. The molecule has 5 aromatic rings. The van der Waals surface area contributed by atoms with E-state index in [2.05, 4.69) is 207 Å². The van der Waals surface area contributed by atoms with Crippen molar-refractivity contribution in [1.82, 2.24) is 13.7 Å². The maximum Gasteiger partial charge on any atom is 0.0537 e. The van der Waals surface area contributed by atoms with Gasteiger partial charge in [-0.05, 0) is 89.3 Å². The van der Waals surface area contributed by atoms with Crippen LogP contribution in [-0.2, 0) is 13.0 Å². The molecule has 0 saturated heterocycles. The van der Waals surface area contributed by atoms with Crippen LogP contribution in [0.1, 0.15) is 104 Å². The number of rotatable bonds is 20. The third-order valence-electron chi connectivity index (χ3n) is 12.5. The Morgan fingerprint density at radius 2 is 1.42 bits per heavy atom. The van der Waals surface area contributed by atoms with Gasteiger partial charge < -0.3 is 13.7 Å². The molecule has 0 N–H and O–H groups in total. The van der Waals surface area contributed by atoms with Gasteiger partial charge in [-0.2, -0.15) is 0 Å². The first-order valence-electron chi connectivity index (χ1n) is 25.9. The van der Waals surface area contributed by atoms with Crippen LogP contribution in [0.15, 0.2) is 207 Å². The summed E-state index contributed by atoms with van der Waals surface area (Å²) < 4.78 is 7.27. The molecule has 372 valence electrons. The molecule has 1 aliphatic carbocycles. The lowest BCUT2D eigenvalue weighted by atomic mass is 10.0. The Balaban J connectivity index is 0.00000274. The molecule has 0 radical (unpaired) electrons. The Morgan fingerprint density at radius 1 is 0.736 bits per heavy atom. The van der Waals surface area contributed by atoms with Crippen LogP contribution in [0.5, 0.6) is 0 Å². The van der Waals surface area contributed by atoms with Gasteiger partial charge in [0.05, 0.1) is 11.0 Å². The van der Waals surface area contributed by atoms with Crippen LogP contribution in [-0.4, -0.2) is 13.7 Å². The van der Waals surface area contributed by atoms with Gasteiger partial charge in [0.25, 0.3) is 0 Å². The van der Waals surface area contributed by atoms with Gasteiger partial charge in [-0.3, -0.25) is 0 Å². The molecule has 6 rings (SSSR count). The van der Waals surface area contributed by atoms with Gasteiger partial charge in [-0.1, -0.05) is 230 Å². The quantitative estimate of drug-likeness (QED) is 0.0545. The fourth-order valence-electron chi connectivity index (χ4n) is 9.16. The van der Waals surface area contributed by atoms with Crippen LogP contribution in [0.4, 0.5) is 0 Å². The second-order valence-corrected chi connectivity index (χ2v) is 16.9. The van der Waals surface area contributed by atoms with E-state index < -0.39 is 0 Å². The molecule has 2 aromatic carbocycles. The highest BCUT2D eigenvalue weighted by atomic mass is 15.0. The first kappa shape index (κ1) is 57.0. The average molecular weight is 952 g/mol. The number of aromatic nitrogens is 3. The van der Waals surface area contributed by atoms with Crippen molar-refractivity contribution >= 4 is 70.2 Å². The van der Waals surface area contributed by atoms with Gasteiger partial charge in [0.2, 0.25) is 0 Å². The molecule has 72 heavy (non-hydrogen) atoms. The van der Waals surface area contributed by atoms with E-state index in [0.29, 0.717) is 6.54 Å². The van der Waals surface area contributed by atoms with Gasteiger partial charge in [-0.25, -0.2) is 0 Å². The second-order valence-electron chi connectivity index (χ2n) is 16.9. The number of hydrogen-bond acceptors (Lipinski definition) is 0. The number of allylic oxidation sites excluding steroid dienone is 24. The van der Waals surface area contributed by atoms with Crippen molar-refractivity contribution in [2.24, 2.45) is 0 Å². The molecule has 3 nitrogen and oxygen atoms in total. The zero-order chi connectivity index (χ0) is 52.4. The van der Waals surface area contributed by atoms with Crippen molar-refractivity contribution in [3.8, 4) is 0 Å². The fraction of sp³-hybridized carbons (Fsp3) is 0.217. The Morgan fingerprint density at radius 3 is 2.04 bits per heavy atom. The van der Waals surface area contributed by atoms with E-state index in [1.54, 1.807) is 6.08 Å². The molecule has 0 fully saturated rings. The number of para-hydroxylation sites is 2. The maximum atomic E-state index is 4.88. The molecule has 0 saturated carbocycles. The van der Waals surface area contributed by atoms with Gasteiger partial charge in [0.1, 0.15) is 0 Å². The minimum atomic E-state index is 0.669. The van der Waals surface area contributed by atoms with Crippen LogP contribution in [0.3, 0.4) is 0 Å². The van der Waals surface area contributed by atoms with Gasteiger partial charge in [0, 0.05) is 85.2 Å². The Labute approximate surface area is 433 Å². The van der Waals surface area contributed by atoms with E-state index in [9.17, 15) is 0 Å². The van der Waals surface area contributed by atoms with E-state index in [1.807, 2.05) is 83.2 Å². The Kier molecular flexibility index (Phi) is 23.9. The molecule has 0 amide bonds. The summed E-state index contributed by atoms with van der Waals surface area (Å²) in [5.74, 6) is 0. The molecular formula is C69H81N3. The molecule has 0 aliphatic heterocycles. The van der Waals surface area contributed by atoms with Crippen molar-refractivity contribution in [3.05, 3.63) is 251 Å². The van der Waals surface area contributed by atoms with Crippen molar-refractivity contribution in [3.63, 3.8) is 0 Å². The monoisotopic (exact) mass is 952 g/mol. The third-order valence-corrected chi connectivity index (χ3v) is 12.5. The van der Waals surface area contributed by atoms with Crippen molar-refractivity contribution in [1.29, 1.82) is 0 Å². The summed E-state index contributed by atoms with van der Waals surface area (Å²) in [5.41, 5.74) is 13.2. The molecule has 1 aliphatic rings. The topological polar surface area (TPSA) is 14.8 Å². The lowest BCUT2D eigenvalue weighted by molar-refractivity contribution is 0.753. The highest BCUT2D eigenvalue weighted by Gasteiger charge is 2.19. The summed E-state index contributed by atoms with van der Waals surface area (Å²) in [6.07, 6.45) is 55.1. The number of hydrogen-bond donors (Lipinski definition) is 0. The fourth-order valence-corrected chi connectivity index (χ4v) is 9.16. The summed E-state index contributed by atoms with van der Waals surface area (Å²) >= 11 is 0. The Hall–Kier alpha value is -7.62. The van der Waals surface area contributed by atoms with E-state index in [0.717, 1.165) is 53.7 Å². The summed E-state index contributed by atoms with van der Waals surface area (Å²) in [5, 5.41) is 7.02. The van der Waals surface area contributed by atoms with Crippen molar-refractivity contribution in [2.45, 2.75) is 101 Å². The molecule has 0 atom stereocenters. The molecule has 0 spiro atoms. The average Bonchev–Trinajstić information content (AvgIpc) is 3.90. The largest absolute Gasteiger partial charge is 0.340 e. The first-order valence-corrected chi connectivity index (χ1v) is 25.9. The summed E-state index contributed by atoms with van der Waals surface area (Å²) in [4.78, 5) is 0. The van der Waals surface area contributed by atoms with E-state index in [4.69, 9.17) is 6.58 Å². The van der Waals surface area contributed by atoms with E-state index in [1.165, 1.54) is 72.0 Å². The summed E-state index contributed by atoms with van der Waals surface area (Å²) in [7, 11) is 0. The van der Waals surface area contributed by atoms with Crippen LogP contribution in [0, 0.1) is 6.92 Å². The zero-order valence-corrected chi connectivity index (χ0v) is 45.1. The lowest BCUT2D eigenvalue weighted by Crippen LogP contribution is -2.30. The zero-order valence-electron chi connectivity index (χ0n) is 45.1. The summed E-state index contributed by atoms with van der Waals surface area (Å²) in [6.45, 7) is 40.2. The number of fused-ring (bicyclic) bond motifs is 4. The lowest BCUT2D eigenvalue weighted by Gasteiger charge is -2.11. The Bertz CT molecular complexity index is 3240. The molecule has 3 heteroatoms. The van der Waals surface area contributed by atoms with Crippen molar-refractivity contribution in [2.75, 3.05) is 0 Å². The number of benzene rings is 2. The maximum absolute atomic E-state index is 4.88. The normalized spacial score (nSPS) is 14.5. The molecular weight excluding hydrogens is 871 g/mol. The van der Waals surface area contributed by atoms with Crippen LogP contribution >= 0.6 is 0 Å². The molecule has 3 aromatic heterocycles. The molecule has 3 heterocycles. The van der Waals surface area contributed by atoms with Gasteiger partial charge in [-0.15, -0.1) is 6.58 Å². The second kappa shape index (κ2) is 30.2. The summed E-state index contributed by atoms with van der Waals surface area (Å²) in [6, 6.07) is 17.5. The third kappa shape index (κ3) is 14.0. The SMILES string of the molecule is C=C/C=C\C=C(/C)CC(C=C)=CCC(/C=C/C=C\C=C/C)=C\Cn1c2c(c(=CC/C(=C\C)n3c4ccccc4c4ccccc43)c1=C)C=C(n1c(C)c(/C=C\C=C)/c(=C/C)c1=CCC=C)C=CC2.CC.CC. The predicted molar refractivity (Wildman–Crippen MR) is 326 cm³/mol. The van der Waals surface area contributed by atoms with E-state index in [-0.39, 0.29) is 0 Å². The van der Waals surface area contributed by atoms with Crippen LogP contribution in [0.25, 0.3) is 70.2 Å². The van der Waals surface area contributed by atoms with Crippen LogP contribution in [0.2, 0.25) is 0 Å². The minimum absolute atomic E-state index is 0.669. The molecule has 0 bridgehead atoms. The highest BCUT2D eigenvalue weighted by molar-refractivity contribution is 6.10. The van der Waals surface area contributed by atoms with Gasteiger partial charge >= 0.3 is 0 Å². The highest BCUT2D eigenvalue weighted by Crippen LogP contribution is 2.33. The smallest absolute Gasteiger partial charge is 0.0537 e. The van der Waals surface area contributed by atoms with Crippen LogP contribution < -0.4 is 21.1 Å². The van der Waals surface area contributed by atoms with E-state index >= 15 is 0 Å². The predicted octanol–water partition coefficient (Wildman–Crippen LogP) is 16.6. The standard InChI is InChI=1S/C65H69N3.2C2H6/c1-11-18-22-23-25-32-53(42-41-52(15-5)47-49(8)31-24-19-12-2)45-46-66-50(9)58(44-43-54(16-6)68-64-38-28-26-35-59(64)60-36-27-29-39-65(60)68)61-48-55(33-30-40-62(61)66)67-51(10)57(34-20-13-3)56(17-7)63(67)37-21-14-4;2*1-2/h11-20,22-39,41,44-45,48H,2-5,9,21,40,42-43,46-47H2,1,6-8,10H3;2*1-2H3/b18-11-,23-22-,24-19-,32-25+,34-20-,49-31+,52-41?,53-45-,54-16+,56-17-,58-44?,63-37?;;. The number of nitrogens with zero attached hydrogens (tertiary/aromatic N) is 3. The van der Waals surface area contributed by atoms with Crippen molar-refractivity contribution < 1.29 is 0 Å². The first-order chi connectivity index (χ1) is 35.2. The minimum Gasteiger partial charge on any atom is -0.340 e. The van der Waals surface area contributed by atoms with Gasteiger partial charge in [0.15, 0.2) is 0 Å².